The zero-order chi connectivity index (χ0) is 14.7. The lowest BCUT2D eigenvalue weighted by atomic mass is 9.67. The number of nitrogens with two attached hydrogens (primary N) is 1. The third kappa shape index (κ3) is 3.61. The van der Waals surface area contributed by atoms with Gasteiger partial charge in [0, 0.05) is 12.6 Å². The fraction of sp³-hybridized carbons (Fsp3) is 0.923. The van der Waals surface area contributed by atoms with Crippen molar-refractivity contribution >= 4 is 5.91 Å². The summed E-state index contributed by atoms with van der Waals surface area (Å²) in [6.45, 7) is 2.59. The van der Waals surface area contributed by atoms with Gasteiger partial charge in [0.15, 0.2) is 0 Å². The van der Waals surface area contributed by atoms with E-state index in [0.29, 0.717) is 25.7 Å². The van der Waals surface area contributed by atoms with Gasteiger partial charge in [-0.1, -0.05) is 20.3 Å². The van der Waals surface area contributed by atoms with Gasteiger partial charge in [0.1, 0.15) is 6.54 Å². The molecule has 0 bridgehead atoms. The molecule has 1 amide bonds. The summed E-state index contributed by atoms with van der Waals surface area (Å²) in [6.07, 6.45) is -1.23. The van der Waals surface area contributed by atoms with E-state index in [-0.39, 0.29) is 12.6 Å². The second-order valence-electron chi connectivity index (χ2n) is 5.36. The summed E-state index contributed by atoms with van der Waals surface area (Å²) < 4.78 is 38.1. The first-order chi connectivity index (χ1) is 8.79. The lowest BCUT2D eigenvalue weighted by Crippen LogP contribution is -2.56. The Hall–Kier alpha value is -0.780. The Morgan fingerprint density at radius 1 is 1.32 bits per heavy atom. The van der Waals surface area contributed by atoms with Crippen LogP contribution in [0.5, 0.6) is 0 Å². The molecule has 0 aliphatic heterocycles. The fourth-order valence-electron chi connectivity index (χ4n) is 2.70. The number of amides is 1. The van der Waals surface area contributed by atoms with Crippen molar-refractivity contribution in [3.8, 4) is 0 Å². The molecule has 2 N–H and O–H groups in total. The predicted molar refractivity (Wildman–Crippen MR) is 67.5 cm³/mol. The topological polar surface area (TPSA) is 46.3 Å². The van der Waals surface area contributed by atoms with Gasteiger partial charge in [0.2, 0.25) is 5.91 Å². The van der Waals surface area contributed by atoms with Crippen molar-refractivity contribution in [2.24, 2.45) is 11.1 Å². The Kier molecular flexibility index (Phi) is 5.24. The van der Waals surface area contributed by atoms with Crippen LogP contribution in [0.2, 0.25) is 0 Å². The molecule has 3 nitrogen and oxygen atoms in total. The first-order valence-electron chi connectivity index (χ1n) is 6.87. The minimum atomic E-state index is -4.36. The smallest absolute Gasteiger partial charge is 0.330 e. The van der Waals surface area contributed by atoms with Crippen LogP contribution in [0.15, 0.2) is 0 Å². The molecular formula is C13H23F3N2O. The van der Waals surface area contributed by atoms with Gasteiger partial charge in [-0.3, -0.25) is 4.79 Å². The first-order valence-corrected chi connectivity index (χ1v) is 6.87. The lowest BCUT2D eigenvalue weighted by Gasteiger charge is -2.45. The van der Waals surface area contributed by atoms with Gasteiger partial charge in [0.05, 0.1) is 5.41 Å². The van der Waals surface area contributed by atoms with Crippen molar-refractivity contribution in [2.45, 2.75) is 58.2 Å². The predicted octanol–water partition coefficient (Wildman–Crippen LogP) is 2.69. The summed E-state index contributed by atoms with van der Waals surface area (Å²) in [5.41, 5.74) is 4.88. The van der Waals surface area contributed by atoms with E-state index in [2.05, 4.69) is 0 Å². The summed E-state index contributed by atoms with van der Waals surface area (Å²) in [6, 6.07) is -0.363. The largest absolute Gasteiger partial charge is 0.406 e. The van der Waals surface area contributed by atoms with Gasteiger partial charge in [-0.25, -0.2) is 0 Å². The fourth-order valence-corrected chi connectivity index (χ4v) is 2.70. The van der Waals surface area contributed by atoms with Crippen LogP contribution >= 0.6 is 0 Å². The number of hydrogen-bond donors (Lipinski definition) is 1. The summed E-state index contributed by atoms with van der Waals surface area (Å²) in [5.74, 6) is -0.410. The molecular weight excluding hydrogens is 257 g/mol. The number of carbonyl (C=O) groups excluding carboxylic acids is 1. The van der Waals surface area contributed by atoms with Crippen LogP contribution < -0.4 is 5.73 Å². The molecule has 0 aromatic heterocycles. The molecule has 0 unspecified atom stereocenters. The van der Waals surface area contributed by atoms with E-state index >= 15 is 0 Å². The molecule has 112 valence electrons. The molecule has 0 aromatic rings. The molecule has 1 aliphatic carbocycles. The molecule has 0 aromatic carbocycles. The van der Waals surface area contributed by atoms with E-state index in [1.807, 2.05) is 0 Å². The highest BCUT2D eigenvalue weighted by Gasteiger charge is 2.48. The summed E-state index contributed by atoms with van der Waals surface area (Å²) in [4.78, 5) is 13.5. The Bertz CT molecular complexity index is 304. The average molecular weight is 280 g/mol. The normalized spacial score (nSPS) is 18.3. The highest BCUT2D eigenvalue weighted by molar-refractivity contribution is 5.84. The average Bonchev–Trinajstić information content (AvgIpc) is 2.26. The standard InChI is InChI=1S/C13H23F3N2O/c1-3-10(4-2)18(9-13(14,15)16)11(19)12(8-17)6-5-7-12/h10H,3-9,17H2,1-2H3. The minimum absolute atomic E-state index is 0.139. The Balaban J connectivity index is 2.92. The van der Waals surface area contributed by atoms with Crippen molar-refractivity contribution in [1.82, 2.24) is 4.90 Å². The van der Waals surface area contributed by atoms with Crippen LogP contribution in [0.1, 0.15) is 46.0 Å². The maximum absolute atomic E-state index is 12.7. The van der Waals surface area contributed by atoms with Crippen LogP contribution in [-0.2, 0) is 4.79 Å². The van der Waals surface area contributed by atoms with E-state index in [4.69, 9.17) is 5.73 Å². The number of halogens is 3. The number of alkyl halides is 3. The summed E-state index contributed by atoms with van der Waals surface area (Å²) in [5, 5.41) is 0. The number of hydrogen-bond acceptors (Lipinski definition) is 2. The van der Waals surface area contributed by atoms with Crippen LogP contribution in [-0.4, -0.2) is 36.1 Å². The van der Waals surface area contributed by atoms with E-state index in [9.17, 15) is 18.0 Å². The third-order valence-electron chi connectivity index (χ3n) is 4.15. The lowest BCUT2D eigenvalue weighted by molar-refractivity contribution is -0.175. The van der Waals surface area contributed by atoms with Crippen molar-refractivity contribution in [2.75, 3.05) is 13.1 Å². The Morgan fingerprint density at radius 3 is 2.11 bits per heavy atom. The van der Waals surface area contributed by atoms with Crippen molar-refractivity contribution in [3.05, 3.63) is 0 Å². The number of carbonyl (C=O) groups is 1. The van der Waals surface area contributed by atoms with E-state index < -0.39 is 24.0 Å². The zero-order valence-electron chi connectivity index (χ0n) is 11.6. The van der Waals surface area contributed by atoms with Crippen LogP contribution in [0.3, 0.4) is 0 Å². The maximum Gasteiger partial charge on any atom is 0.406 e. The van der Waals surface area contributed by atoms with Gasteiger partial charge in [0.25, 0.3) is 0 Å². The summed E-state index contributed by atoms with van der Waals surface area (Å²) in [7, 11) is 0. The van der Waals surface area contributed by atoms with Gasteiger partial charge in [-0.05, 0) is 25.7 Å². The molecule has 0 spiro atoms. The second kappa shape index (κ2) is 6.11. The highest BCUT2D eigenvalue weighted by Crippen LogP contribution is 2.42. The van der Waals surface area contributed by atoms with Gasteiger partial charge < -0.3 is 10.6 Å². The monoisotopic (exact) mass is 280 g/mol. The van der Waals surface area contributed by atoms with Gasteiger partial charge >= 0.3 is 6.18 Å². The molecule has 0 radical (unpaired) electrons. The Morgan fingerprint density at radius 2 is 1.84 bits per heavy atom. The van der Waals surface area contributed by atoms with Gasteiger partial charge in [-0.15, -0.1) is 0 Å². The molecule has 0 heterocycles. The van der Waals surface area contributed by atoms with E-state index in [1.54, 1.807) is 13.8 Å². The van der Waals surface area contributed by atoms with E-state index in [0.717, 1.165) is 11.3 Å². The summed E-state index contributed by atoms with van der Waals surface area (Å²) >= 11 is 0. The first kappa shape index (κ1) is 16.3. The van der Waals surface area contributed by atoms with Crippen LogP contribution in [0.25, 0.3) is 0 Å². The molecule has 1 saturated carbocycles. The molecule has 19 heavy (non-hydrogen) atoms. The molecule has 0 atom stereocenters. The maximum atomic E-state index is 12.7. The zero-order valence-corrected chi connectivity index (χ0v) is 11.6. The number of nitrogens with zero attached hydrogens (tertiary/aromatic N) is 1. The van der Waals surface area contributed by atoms with Crippen LogP contribution in [0, 0.1) is 5.41 Å². The Labute approximate surface area is 112 Å². The highest BCUT2D eigenvalue weighted by atomic mass is 19.4. The van der Waals surface area contributed by atoms with Crippen molar-refractivity contribution in [1.29, 1.82) is 0 Å². The molecule has 1 rings (SSSR count). The quantitative estimate of drug-likeness (QED) is 0.813. The molecule has 6 heteroatoms. The second-order valence-corrected chi connectivity index (χ2v) is 5.36. The van der Waals surface area contributed by atoms with Gasteiger partial charge in [-0.2, -0.15) is 13.2 Å². The number of rotatable bonds is 6. The third-order valence-corrected chi connectivity index (χ3v) is 4.15. The van der Waals surface area contributed by atoms with Crippen molar-refractivity contribution in [3.63, 3.8) is 0 Å². The minimum Gasteiger partial charge on any atom is -0.330 e. The molecule has 1 aliphatic rings. The SMILES string of the molecule is CCC(CC)N(CC(F)(F)F)C(=O)C1(CN)CCC1. The molecule has 0 saturated heterocycles. The van der Waals surface area contributed by atoms with Crippen molar-refractivity contribution < 1.29 is 18.0 Å². The van der Waals surface area contributed by atoms with E-state index in [1.165, 1.54) is 0 Å². The molecule has 1 fully saturated rings. The van der Waals surface area contributed by atoms with Crippen LogP contribution in [0.4, 0.5) is 13.2 Å².